The predicted octanol–water partition coefficient (Wildman–Crippen LogP) is 3.27. The molecule has 0 bridgehead atoms. The number of benzene rings is 2. The van der Waals surface area contributed by atoms with Crippen LogP contribution in [0.25, 0.3) is 0 Å². The van der Waals surface area contributed by atoms with Crippen molar-refractivity contribution in [3.05, 3.63) is 59.7 Å². The molecule has 2 aromatic carbocycles. The van der Waals surface area contributed by atoms with Crippen molar-refractivity contribution in [3.63, 3.8) is 0 Å². The first-order valence-electron chi connectivity index (χ1n) is 8.96. The van der Waals surface area contributed by atoms with E-state index in [1.54, 1.807) is 36.2 Å². The van der Waals surface area contributed by atoms with E-state index in [0.29, 0.717) is 23.5 Å². The van der Waals surface area contributed by atoms with Crippen molar-refractivity contribution in [1.29, 1.82) is 0 Å². The molecular formula is C21H23N3O3. The highest BCUT2D eigenvalue weighted by atomic mass is 16.2. The van der Waals surface area contributed by atoms with Gasteiger partial charge in [-0.25, -0.2) is 0 Å². The Balaban J connectivity index is 1.66. The van der Waals surface area contributed by atoms with Crippen molar-refractivity contribution in [1.82, 2.24) is 4.90 Å². The first kappa shape index (κ1) is 18.6. The van der Waals surface area contributed by atoms with Crippen molar-refractivity contribution in [2.75, 3.05) is 17.7 Å². The Morgan fingerprint density at radius 2 is 1.67 bits per heavy atom. The van der Waals surface area contributed by atoms with Crippen LogP contribution in [0.15, 0.2) is 48.5 Å². The number of nitrogens with one attached hydrogen (secondary N) is 2. The van der Waals surface area contributed by atoms with Crippen LogP contribution in [-0.2, 0) is 16.1 Å². The van der Waals surface area contributed by atoms with Crippen LogP contribution in [0.4, 0.5) is 11.4 Å². The molecule has 0 unspecified atom stereocenters. The van der Waals surface area contributed by atoms with Gasteiger partial charge >= 0.3 is 0 Å². The lowest BCUT2D eigenvalue weighted by molar-refractivity contribution is -0.128. The SMILES string of the molecule is CC(=O)N(C)Cc1ccccc1NC(=O)c1ccc(NC(=O)C2CC2)cc1. The molecule has 2 N–H and O–H groups in total. The van der Waals surface area contributed by atoms with Gasteiger partial charge in [0.25, 0.3) is 5.91 Å². The molecule has 140 valence electrons. The molecular weight excluding hydrogens is 342 g/mol. The molecule has 0 atom stereocenters. The maximum Gasteiger partial charge on any atom is 0.255 e. The summed E-state index contributed by atoms with van der Waals surface area (Å²) in [5, 5.41) is 5.75. The maximum atomic E-state index is 12.6. The number of hydrogen-bond acceptors (Lipinski definition) is 3. The Bertz CT molecular complexity index is 857. The number of carbonyl (C=O) groups is 3. The standard InChI is InChI=1S/C21H23N3O3/c1-14(25)24(2)13-17-5-3-4-6-19(17)23-21(27)16-9-11-18(12-10-16)22-20(26)15-7-8-15/h3-6,9-12,15H,7-8,13H2,1-2H3,(H,22,26)(H,23,27). The summed E-state index contributed by atoms with van der Waals surface area (Å²) in [5.41, 5.74) is 2.71. The van der Waals surface area contributed by atoms with Crippen LogP contribution in [-0.4, -0.2) is 29.7 Å². The predicted molar refractivity (Wildman–Crippen MR) is 104 cm³/mol. The number of rotatable bonds is 6. The molecule has 1 aliphatic rings. The minimum Gasteiger partial charge on any atom is -0.342 e. The molecule has 0 saturated heterocycles. The second kappa shape index (κ2) is 8.03. The van der Waals surface area contributed by atoms with Gasteiger partial charge in [-0.2, -0.15) is 0 Å². The first-order chi connectivity index (χ1) is 12.9. The fraction of sp³-hybridized carbons (Fsp3) is 0.286. The molecule has 0 heterocycles. The summed E-state index contributed by atoms with van der Waals surface area (Å²) < 4.78 is 0. The Morgan fingerprint density at radius 1 is 1.00 bits per heavy atom. The summed E-state index contributed by atoms with van der Waals surface area (Å²) in [6, 6.07) is 14.2. The van der Waals surface area contributed by atoms with Crippen LogP contribution in [0.2, 0.25) is 0 Å². The van der Waals surface area contributed by atoms with Crippen LogP contribution >= 0.6 is 0 Å². The first-order valence-corrected chi connectivity index (χ1v) is 8.96. The highest BCUT2D eigenvalue weighted by molar-refractivity contribution is 6.05. The third-order valence-electron chi connectivity index (χ3n) is 4.57. The van der Waals surface area contributed by atoms with Crippen LogP contribution in [0.5, 0.6) is 0 Å². The highest BCUT2D eigenvalue weighted by Crippen LogP contribution is 2.30. The van der Waals surface area contributed by atoms with Gasteiger partial charge in [0.15, 0.2) is 0 Å². The average molecular weight is 365 g/mol. The maximum absolute atomic E-state index is 12.6. The molecule has 1 saturated carbocycles. The van der Waals surface area contributed by atoms with E-state index in [0.717, 1.165) is 18.4 Å². The lowest BCUT2D eigenvalue weighted by Crippen LogP contribution is -2.24. The molecule has 0 radical (unpaired) electrons. The summed E-state index contributed by atoms with van der Waals surface area (Å²) in [7, 11) is 1.72. The molecule has 0 spiro atoms. The van der Waals surface area contributed by atoms with E-state index >= 15 is 0 Å². The van der Waals surface area contributed by atoms with Gasteiger partial charge in [-0.1, -0.05) is 18.2 Å². The van der Waals surface area contributed by atoms with E-state index in [1.807, 2.05) is 24.3 Å². The van der Waals surface area contributed by atoms with Crippen LogP contribution in [0.1, 0.15) is 35.7 Å². The summed E-state index contributed by atoms with van der Waals surface area (Å²) in [6.45, 7) is 1.92. The number of carbonyl (C=O) groups excluding carboxylic acids is 3. The normalized spacial score (nSPS) is 13.0. The molecule has 3 amide bonds. The van der Waals surface area contributed by atoms with Crippen LogP contribution in [0.3, 0.4) is 0 Å². The molecule has 6 heteroatoms. The van der Waals surface area contributed by atoms with Crippen LogP contribution in [0, 0.1) is 5.92 Å². The fourth-order valence-electron chi connectivity index (χ4n) is 2.64. The second-order valence-corrected chi connectivity index (χ2v) is 6.83. The zero-order valence-corrected chi connectivity index (χ0v) is 15.5. The summed E-state index contributed by atoms with van der Waals surface area (Å²) in [4.78, 5) is 37.4. The zero-order valence-electron chi connectivity index (χ0n) is 15.5. The summed E-state index contributed by atoms with van der Waals surface area (Å²) in [5.74, 6) is -0.110. The van der Waals surface area contributed by atoms with E-state index in [2.05, 4.69) is 10.6 Å². The molecule has 3 rings (SSSR count). The van der Waals surface area contributed by atoms with Crippen molar-refractivity contribution in [3.8, 4) is 0 Å². The van der Waals surface area contributed by atoms with Gasteiger partial charge in [-0.15, -0.1) is 0 Å². The lowest BCUT2D eigenvalue weighted by atomic mass is 10.1. The van der Waals surface area contributed by atoms with E-state index in [9.17, 15) is 14.4 Å². The van der Waals surface area contributed by atoms with Crippen molar-refractivity contribution >= 4 is 29.1 Å². The Morgan fingerprint density at radius 3 is 2.30 bits per heavy atom. The largest absolute Gasteiger partial charge is 0.342 e. The molecule has 2 aromatic rings. The van der Waals surface area contributed by atoms with Gasteiger partial charge < -0.3 is 15.5 Å². The van der Waals surface area contributed by atoms with Gasteiger partial charge in [-0.05, 0) is 48.7 Å². The molecule has 6 nitrogen and oxygen atoms in total. The minimum atomic E-state index is -0.243. The molecule has 1 aliphatic carbocycles. The van der Waals surface area contributed by atoms with Crippen molar-refractivity contribution in [2.24, 2.45) is 5.92 Å². The third-order valence-corrected chi connectivity index (χ3v) is 4.57. The topological polar surface area (TPSA) is 78.5 Å². The molecule has 1 fully saturated rings. The smallest absolute Gasteiger partial charge is 0.255 e. The summed E-state index contributed by atoms with van der Waals surface area (Å²) in [6.07, 6.45) is 1.90. The van der Waals surface area contributed by atoms with Gasteiger partial charge in [-0.3, -0.25) is 14.4 Å². The second-order valence-electron chi connectivity index (χ2n) is 6.83. The molecule has 0 aromatic heterocycles. The van der Waals surface area contributed by atoms with Crippen molar-refractivity contribution in [2.45, 2.75) is 26.3 Å². The Hall–Kier alpha value is -3.15. The molecule has 0 aliphatic heterocycles. The quantitative estimate of drug-likeness (QED) is 0.825. The number of amides is 3. The van der Waals surface area contributed by atoms with E-state index in [4.69, 9.17) is 0 Å². The lowest BCUT2D eigenvalue weighted by Gasteiger charge is -2.18. The fourth-order valence-corrected chi connectivity index (χ4v) is 2.64. The Kier molecular flexibility index (Phi) is 5.54. The third kappa shape index (κ3) is 4.94. The number of anilines is 2. The zero-order chi connectivity index (χ0) is 19.4. The average Bonchev–Trinajstić information content (AvgIpc) is 3.49. The number of para-hydroxylation sites is 1. The monoisotopic (exact) mass is 365 g/mol. The van der Waals surface area contributed by atoms with Gasteiger partial charge in [0.05, 0.1) is 0 Å². The van der Waals surface area contributed by atoms with Crippen LogP contribution < -0.4 is 10.6 Å². The molecule has 27 heavy (non-hydrogen) atoms. The highest BCUT2D eigenvalue weighted by Gasteiger charge is 2.29. The minimum absolute atomic E-state index is 0.0377. The van der Waals surface area contributed by atoms with Gasteiger partial charge in [0.2, 0.25) is 11.8 Å². The van der Waals surface area contributed by atoms with E-state index < -0.39 is 0 Å². The summed E-state index contributed by atoms with van der Waals surface area (Å²) >= 11 is 0. The van der Waals surface area contributed by atoms with E-state index in [1.165, 1.54) is 6.92 Å². The van der Waals surface area contributed by atoms with E-state index in [-0.39, 0.29) is 23.6 Å². The number of nitrogens with zero attached hydrogens (tertiary/aromatic N) is 1. The van der Waals surface area contributed by atoms with Gasteiger partial charge in [0.1, 0.15) is 0 Å². The Labute approximate surface area is 158 Å². The van der Waals surface area contributed by atoms with Crippen molar-refractivity contribution < 1.29 is 14.4 Å². The number of hydrogen-bond donors (Lipinski definition) is 2. The van der Waals surface area contributed by atoms with Gasteiger partial charge in [0, 0.05) is 43.4 Å².